The molecule has 0 aromatic heterocycles. The highest BCUT2D eigenvalue weighted by molar-refractivity contribution is 7.89. The lowest BCUT2D eigenvalue weighted by Gasteiger charge is -2.35. The number of anilines is 2. The molecule has 1 N–H and O–H groups in total. The molecule has 1 saturated heterocycles. The molecule has 1 aliphatic rings. The molecule has 1 atom stereocenters. The third kappa shape index (κ3) is 5.26. The van der Waals surface area contributed by atoms with Crippen molar-refractivity contribution in [3.8, 4) is 5.75 Å². The minimum absolute atomic E-state index is 0.0251. The number of hydrogen-bond donors (Lipinski definition) is 1. The molecule has 0 bridgehead atoms. The third-order valence-electron chi connectivity index (χ3n) is 6.21. The largest absolute Gasteiger partial charge is 0.494 e. The van der Waals surface area contributed by atoms with Crippen LogP contribution in [0.1, 0.15) is 18.5 Å². The van der Waals surface area contributed by atoms with Gasteiger partial charge < -0.3 is 15.0 Å². The Morgan fingerprint density at radius 2 is 1.72 bits per heavy atom. The van der Waals surface area contributed by atoms with E-state index in [1.165, 1.54) is 29.6 Å². The summed E-state index contributed by atoms with van der Waals surface area (Å²) in [7, 11) is -2.57. The summed E-state index contributed by atoms with van der Waals surface area (Å²) in [5.41, 5.74) is 2.09. The van der Waals surface area contributed by atoms with Crippen molar-refractivity contribution in [3.63, 3.8) is 0 Å². The van der Waals surface area contributed by atoms with Gasteiger partial charge in [-0.25, -0.2) is 12.8 Å². The lowest BCUT2D eigenvalue weighted by Crippen LogP contribution is -2.48. The van der Waals surface area contributed by atoms with E-state index in [4.69, 9.17) is 4.74 Å². The maximum Gasteiger partial charge on any atom is 0.292 e. The van der Waals surface area contributed by atoms with Crippen molar-refractivity contribution in [2.24, 2.45) is 0 Å². The molecule has 0 aliphatic carbocycles. The Balaban J connectivity index is 1.50. The van der Waals surface area contributed by atoms with Gasteiger partial charge in [0.15, 0.2) is 11.6 Å². The molecule has 0 radical (unpaired) electrons. The van der Waals surface area contributed by atoms with Gasteiger partial charge in [0, 0.05) is 44.0 Å². The highest BCUT2D eigenvalue weighted by Gasteiger charge is 2.30. The van der Waals surface area contributed by atoms with Crippen molar-refractivity contribution in [3.05, 3.63) is 88.2 Å². The predicted octanol–water partition coefficient (Wildman–Crippen LogP) is 4.43. The van der Waals surface area contributed by atoms with E-state index in [1.807, 2.05) is 42.2 Å². The van der Waals surface area contributed by atoms with Crippen LogP contribution in [0, 0.1) is 15.9 Å². The van der Waals surface area contributed by atoms with Crippen LogP contribution in [0.5, 0.6) is 5.75 Å². The molecule has 1 fully saturated rings. The first kappa shape index (κ1) is 25.4. The number of nitrogens with one attached hydrogen (secondary N) is 1. The molecule has 1 unspecified atom stereocenters. The van der Waals surface area contributed by atoms with Crippen molar-refractivity contribution in [2.45, 2.75) is 17.9 Å². The Kier molecular flexibility index (Phi) is 7.41. The normalized spacial score (nSPS) is 15.4. The zero-order chi connectivity index (χ0) is 25.9. The van der Waals surface area contributed by atoms with E-state index in [9.17, 15) is 22.9 Å². The summed E-state index contributed by atoms with van der Waals surface area (Å²) in [5, 5.41) is 14.9. The number of methoxy groups -OCH3 is 1. The van der Waals surface area contributed by atoms with Crippen LogP contribution in [0.15, 0.2) is 71.6 Å². The van der Waals surface area contributed by atoms with Crippen molar-refractivity contribution < 1.29 is 22.5 Å². The number of sulfonamides is 1. The molecule has 1 heterocycles. The first-order valence-electron chi connectivity index (χ1n) is 11.4. The van der Waals surface area contributed by atoms with Gasteiger partial charge in [-0.05, 0) is 42.8 Å². The highest BCUT2D eigenvalue weighted by Crippen LogP contribution is 2.33. The van der Waals surface area contributed by atoms with E-state index in [0.29, 0.717) is 18.8 Å². The van der Waals surface area contributed by atoms with Crippen LogP contribution >= 0.6 is 0 Å². The van der Waals surface area contributed by atoms with Gasteiger partial charge in [-0.1, -0.05) is 30.3 Å². The standard InChI is InChI=1S/C25H27FN4O5S/c1-18(19-6-4-3-5-7-19)27-23-16-20(8-10-24(23)30(31)32)28-12-14-29(15-13-28)36(33,34)21-9-11-25(35-2)22(26)17-21/h3-11,16-18,27H,12-15H2,1-2H3. The molecule has 11 heteroatoms. The fourth-order valence-corrected chi connectivity index (χ4v) is 5.63. The topological polar surface area (TPSA) is 105 Å². The quantitative estimate of drug-likeness (QED) is 0.350. The number of nitro benzene ring substituents is 1. The van der Waals surface area contributed by atoms with Crippen LogP contribution in [-0.2, 0) is 10.0 Å². The van der Waals surface area contributed by atoms with Crippen molar-refractivity contribution in [1.82, 2.24) is 4.31 Å². The average molecular weight is 515 g/mol. The molecule has 190 valence electrons. The van der Waals surface area contributed by atoms with Gasteiger partial charge in [-0.2, -0.15) is 4.31 Å². The lowest BCUT2D eigenvalue weighted by atomic mass is 10.1. The van der Waals surface area contributed by atoms with Crippen LogP contribution in [0.25, 0.3) is 0 Å². The van der Waals surface area contributed by atoms with E-state index < -0.39 is 20.8 Å². The summed E-state index contributed by atoms with van der Waals surface area (Å²) >= 11 is 0. The smallest absolute Gasteiger partial charge is 0.292 e. The third-order valence-corrected chi connectivity index (χ3v) is 8.11. The summed E-state index contributed by atoms with van der Waals surface area (Å²) in [4.78, 5) is 13.0. The fourth-order valence-electron chi connectivity index (χ4n) is 4.20. The van der Waals surface area contributed by atoms with Crippen LogP contribution < -0.4 is 15.0 Å². The van der Waals surface area contributed by atoms with Gasteiger partial charge in [0.2, 0.25) is 10.0 Å². The molecule has 3 aromatic rings. The number of nitro groups is 1. The molecular formula is C25H27FN4O5S. The van der Waals surface area contributed by atoms with E-state index in [1.54, 1.807) is 12.1 Å². The Morgan fingerprint density at radius 1 is 1.03 bits per heavy atom. The zero-order valence-electron chi connectivity index (χ0n) is 19.9. The van der Waals surface area contributed by atoms with Gasteiger partial charge in [0.25, 0.3) is 5.69 Å². The highest BCUT2D eigenvalue weighted by atomic mass is 32.2. The van der Waals surface area contributed by atoms with Gasteiger partial charge >= 0.3 is 0 Å². The second-order valence-electron chi connectivity index (χ2n) is 8.42. The van der Waals surface area contributed by atoms with Crippen molar-refractivity contribution in [1.29, 1.82) is 0 Å². The number of piperazine rings is 1. The molecule has 0 amide bonds. The minimum atomic E-state index is -3.88. The Hall–Kier alpha value is -3.70. The zero-order valence-corrected chi connectivity index (χ0v) is 20.7. The van der Waals surface area contributed by atoms with Crippen LogP contribution in [0.2, 0.25) is 0 Å². The summed E-state index contributed by atoms with van der Waals surface area (Å²) in [6.45, 7) is 3.07. The first-order chi connectivity index (χ1) is 17.2. The molecule has 9 nitrogen and oxygen atoms in total. The fraction of sp³-hybridized carbons (Fsp3) is 0.280. The first-order valence-corrected chi connectivity index (χ1v) is 12.8. The summed E-state index contributed by atoms with van der Waals surface area (Å²) in [5.74, 6) is -0.768. The molecule has 3 aromatic carbocycles. The molecular weight excluding hydrogens is 487 g/mol. The molecule has 0 spiro atoms. The minimum Gasteiger partial charge on any atom is -0.494 e. The molecule has 1 aliphatic heterocycles. The molecule has 0 saturated carbocycles. The second kappa shape index (κ2) is 10.5. The molecule has 4 rings (SSSR count). The van der Waals surface area contributed by atoms with Crippen molar-refractivity contribution >= 4 is 27.1 Å². The lowest BCUT2D eigenvalue weighted by molar-refractivity contribution is -0.384. The second-order valence-corrected chi connectivity index (χ2v) is 10.4. The number of benzene rings is 3. The van der Waals surface area contributed by atoms with Crippen molar-refractivity contribution in [2.75, 3.05) is 43.5 Å². The predicted molar refractivity (Wildman–Crippen MR) is 135 cm³/mol. The van der Waals surface area contributed by atoms with Crippen LogP contribution in [0.4, 0.5) is 21.5 Å². The van der Waals surface area contributed by atoms with E-state index in [-0.39, 0.29) is 35.5 Å². The summed E-state index contributed by atoms with van der Waals surface area (Å²) in [6.07, 6.45) is 0. The van der Waals surface area contributed by atoms with Gasteiger partial charge in [-0.15, -0.1) is 0 Å². The maximum atomic E-state index is 14.1. The van der Waals surface area contributed by atoms with Gasteiger partial charge in [0.1, 0.15) is 5.69 Å². The number of halogens is 1. The number of ether oxygens (including phenoxy) is 1. The monoisotopic (exact) mass is 514 g/mol. The molecule has 36 heavy (non-hydrogen) atoms. The van der Waals surface area contributed by atoms with Crippen LogP contribution in [-0.4, -0.2) is 50.9 Å². The van der Waals surface area contributed by atoms with E-state index in [0.717, 1.165) is 17.3 Å². The number of hydrogen-bond acceptors (Lipinski definition) is 7. The Morgan fingerprint density at radius 3 is 2.33 bits per heavy atom. The van der Waals surface area contributed by atoms with E-state index in [2.05, 4.69) is 5.32 Å². The Labute approximate surface area is 209 Å². The summed E-state index contributed by atoms with van der Waals surface area (Å²) < 4.78 is 46.3. The van der Waals surface area contributed by atoms with Gasteiger partial charge in [0.05, 0.1) is 16.9 Å². The Bertz CT molecular complexity index is 1350. The van der Waals surface area contributed by atoms with Crippen LogP contribution in [0.3, 0.4) is 0 Å². The number of nitrogens with zero attached hydrogens (tertiary/aromatic N) is 3. The number of rotatable bonds is 8. The average Bonchev–Trinajstić information content (AvgIpc) is 2.89. The SMILES string of the molecule is COc1ccc(S(=O)(=O)N2CCN(c3ccc([N+](=O)[O-])c(NC(C)c4ccccc4)c3)CC2)cc1F. The van der Waals surface area contributed by atoms with E-state index >= 15 is 0 Å². The van der Waals surface area contributed by atoms with Gasteiger partial charge in [-0.3, -0.25) is 10.1 Å². The summed E-state index contributed by atoms with van der Waals surface area (Å²) in [6, 6.07) is 17.9. The maximum absolute atomic E-state index is 14.1.